The Hall–Kier alpha value is -2.50. The zero-order chi connectivity index (χ0) is 14.3. The summed E-state index contributed by atoms with van der Waals surface area (Å²) in [7, 11) is 0. The predicted molar refractivity (Wildman–Crippen MR) is 68.9 cm³/mol. The minimum atomic E-state index is -4.42. The molecule has 0 aliphatic rings. The topological polar surface area (TPSA) is 52.0 Å². The van der Waals surface area contributed by atoms with Gasteiger partial charge in [-0.25, -0.2) is 4.98 Å². The van der Waals surface area contributed by atoms with Crippen molar-refractivity contribution in [3.8, 4) is 11.5 Å². The zero-order valence-electron chi connectivity index (χ0n) is 10.1. The lowest BCUT2D eigenvalue weighted by molar-refractivity contribution is -0.137. The maximum atomic E-state index is 12.6. The fourth-order valence-corrected chi connectivity index (χ4v) is 1.92. The van der Waals surface area contributed by atoms with E-state index in [1.54, 1.807) is 24.3 Å². The van der Waals surface area contributed by atoms with Crippen molar-refractivity contribution in [2.24, 2.45) is 0 Å². The molecular formula is C14H9F3N2O. The third-order valence-electron chi connectivity index (χ3n) is 2.90. The second-order valence-corrected chi connectivity index (χ2v) is 4.29. The first-order valence-corrected chi connectivity index (χ1v) is 5.78. The smallest absolute Gasteiger partial charge is 0.416 e. The highest BCUT2D eigenvalue weighted by Crippen LogP contribution is 2.35. The van der Waals surface area contributed by atoms with Gasteiger partial charge in [0.25, 0.3) is 0 Å². The van der Waals surface area contributed by atoms with Crippen molar-refractivity contribution in [2.45, 2.75) is 6.18 Å². The van der Waals surface area contributed by atoms with Gasteiger partial charge in [0.15, 0.2) is 5.58 Å². The van der Waals surface area contributed by atoms with E-state index in [9.17, 15) is 13.2 Å². The number of anilines is 1. The molecule has 1 heterocycles. The van der Waals surface area contributed by atoms with Gasteiger partial charge in [-0.2, -0.15) is 13.2 Å². The number of fused-ring (bicyclic) bond motifs is 1. The molecule has 0 saturated heterocycles. The van der Waals surface area contributed by atoms with E-state index in [1.807, 2.05) is 0 Å². The number of hydrogen-bond donors (Lipinski definition) is 1. The maximum absolute atomic E-state index is 12.6. The highest BCUT2D eigenvalue weighted by molar-refractivity contribution is 5.79. The van der Waals surface area contributed by atoms with Gasteiger partial charge in [0.05, 0.1) is 11.1 Å². The van der Waals surface area contributed by atoms with Crippen molar-refractivity contribution in [1.82, 2.24) is 4.98 Å². The van der Waals surface area contributed by atoms with E-state index >= 15 is 0 Å². The van der Waals surface area contributed by atoms with Crippen LogP contribution in [-0.4, -0.2) is 4.98 Å². The summed E-state index contributed by atoms with van der Waals surface area (Å²) in [6.45, 7) is 0. The number of oxazole rings is 1. The van der Waals surface area contributed by atoms with Crippen LogP contribution in [0.25, 0.3) is 22.6 Å². The van der Waals surface area contributed by atoms with Gasteiger partial charge in [0.1, 0.15) is 5.52 Å². The van der Waals surface area contributed by atoms with Crippen molar-refractivity contribution < 1.29 is 17.6 Å². The van der Waals surface area contributed by atoms with Crippen molar-refractivity contribution in [2.75, 3.05) is 5.73 Å². The van der Waals surface area contributed by atoms with Gasteiger partial charge < -0.3 is 10.2 Å². The van der Waals surface area contributed by atoms with Crippen molar-refractivity contribution in [3.63, 3.8) is 0 Å². The highest BCUT2D eigenvalue weighted by Gasteiger charge is 2.31. The van der Waals surface area contributed by atoms with E-state index < -0.39 is 11.7 Å². The molecule has 0 aliphatic carbocycles. The number of nitrogen functional groups attached to an aromatic ring is 1. The number of para-hydroxylation sites is 2. The molecule has 0 amide bonds. The SMILES string of the molecule is Nc1cc(C(F)(F)F)ccc1-c1nc2ccccc2o1. The van der Waals surface area contributed by atoms with E-state index in [0.29, 0.717) is 16.7 Å². The summed E-state index contributed by atoms with van der Waals surface area (Å²) in [4.78, 5) is 4.21. The number of halogens is 3. The second kappa shape index (κ2) is 4.26. The standard InChI is InChI=1S/C14H9F3N2O/c15-14(16,17)8-5-6-9(10(18)7-8)13-19-11-3-1-2-4-12(11)20-13/h1-7H,18H2. The molecule has 1 aromatic heterocycles. The number of aromatic nitrogens is 1. The van der Waals surface area contributed by atoms with Crippen molar-refractivity contribution >= 4 is 16.8 Å². The van der Waals surface area contributed by atoms with Crippen LogP contribution in [0.4, 0.5) is 18.9 Å². The summed E-state index contributed by atoms with van der Waals surface area (Å²) in [5.41, 5.74) is 6.38. The molecule has 3 rings (SSSR count). The van der Waals surface area contributed by atoms with Crippen molar-refractivity contribution in [3.05, 3.63) is 48.0 Å². The van der Waals surface area contributed by atoms with Crippen LogP contribution < -0.4 is 5.73 Å². The third kappa shape index (κ3) is 2.09. The predicted octanol–water partition coefficient (Wildman–Crippen LogP) is 4.10. The summed E-state index contributed by atoms with van der Waals surface area (Å²) in [6.07, 6.45) is -4.42. The first kappa shape index (κ1) is 12.5. The Morgan fingerprint density at radius 1 is 1.05 bits per heavy atom. The monoisotopic (exact) mass is 278 g/mol. The average molecular weight is 278 g/mol. The molecule has 0 bridgehead atoms. The lowest BCUT2D eigenvalue weighted by Crippen LogP contribution is -2.06. The Balaban J connectivity index is 2.10. The third-order valence-corrected chi connectivity index (χ3v) is 2.90. The summed E-state index contributed by atoms with van der Waals surface area (Å²) in [6, 6.07) is 10.2. The Kier molecular flexibility index (Phi) is 2.67. The molecule has 3 aromatic rings. The lowest BCUT2D eigenvalue weighted by atomic mass is 10.1. The molecule has 0 atom stereocenters. The second-order valence-electron chi connectivity index (χ2n) is 4.29. The van der Waals surface area contributed by atoms with Crippen LogP contribution in [0.15, 0.2) is 46.9 Å². The molecule has 102 valence electrons. The van der Waals surface area contributed by atoms with Crippen molar-refractivity contribution in [1.29, 1.82) is 0 Å². The fraction of sp³-hybridized carbons (Fsp3) is 0.0714. The molecule has 0 aliphatic heterocycles. The first-order chi connectivity index (χ1) is 9.45. The number of alkyl halides is 3. The molecule has 0 fully saturated rings. The minimum Gasteiger partial charge on any atom is -0.436 e. The van der Waals surface area contributed by atoms with Crippen LogP contribution in [-0.2, 0) is 6.18 Å². The molecule has 2 aromatic carbocycles. The minimum absolute atomic E-state index is 0.0219. The molecule has 0 saturated carbocycles. The summed E-state index contributed by atoms with van der Waals surface area (Å²) >= 11 is 0. The first-order valence-electron chi connectivity index (χ1n) is 5.78. The van der Waals surface area contributed by atoms with Crippen LogP contribution in [0.3, 0.4) is 0 Å². The molecular weight excluding hydrogens is 269 g/mol. The van der Waals surface area contributed by atoms with Crippen LogP contribution in [0.2, 0.25) is 0 Å². The van der Waals surface area contributed by atoms with Crippen LogP contribution in [0, 0.1) is 0 Å². The molecule has 6 heteroatoms. The van der Waals surface area contributed by atoms with E-state index in [4.69, 9.17) is 10.2 Å². The largest absolute Gasteiger partial charge is 0.436 e. The molecule has 20 heavy (non-hydrogen) atoms. The van der Waals surface area contributed by atoms with Gasteiger partial charge in [0.2, 0.25) is 5.89 Å². The number of nitrogens with zero attached hydrogens (tertiary/aromatic N) is 1. The summed E-state index contributed by atoms with van der Waals surface area (Å²) in [5.74, 6) is 0.206. The van der Waals surface area contributed by atoms with Gasteiger partial charge in [0, 0.05) is 5.69 Å². The average Bonchev–Trinajstić information content (AvgIpc) is 2.80. The lowest BCUT2D eigenvalue weighted by Gasteiger charge is -2.08. The number of nitrogens with two attached hydrogens (primary N) is 1. The van der Waals surface area contributed by atoms with Gasteiger partial charge in [-0.1, -0.05) is 12.1 Å². The van der Waals surface area contributed by atoms with E-state index in [-0.39, 0.29) is 11.6 Å². The maximum Gasteiger partial charge on any atom is 0.416 e. The summed E-state index contributed by atoms with van der Waals surface area (Å²) in [5, 5.41) is 0. The quantitative estimate of drug-likeness (QED) is 0.682. The van der Waals surface area contributed by atoms with Gasteiger partial charge in [-0.05, 0) is 30.3 Å². The Morgan fingerprint density at radius 2 is 1.80 bits per heavy atom. The number of hydrogen-bond acceptors (Lipinski definition) is 3. The molecule has 0 spiro atoms. The van der Waals surface area contributed by atoms with Crippen LogP contribution >= 0.6 is 0 Å². The highest BCUT2D eigenvalue weighted by atomic mass is 19.4. The van der Waals surface area contributed by atoms with Gasteiger partial charge in [-0.15, -0.1) is 0 Å². The fourth-order valence-electron chi connectivity index (χ4n) is 1.92. The van der Waals surface area contributed by atoms with E-state index in [0.717, 1.165) is 12.1 Å². The zero-order valence-corrected chi connectivity index (χ0v) is 10.1. The number of benzene rings is 2. The Morgan fingerprint density at radius 3 is 2.45 bits per heavy atom. The van der Waals surface area contributed by atoms with Gasteiger partial charge in [-0.3, -0.25) is 0 Å². The summed E-state index contributed by atoms with van der Waals surface area (Å²) < 4.78 is 43.2. The molecule has 0 unspecified atom stereocenters. The van der Waals surface area contributed by atoms with Gasteiger partial charge >= 0.3 is 6.18 Å². The molecule has 0 radical (unpaired) electrons. The molecule has 3 nitrogen and oxygen atoms in total. The van der Waals surface area contributed by atoms with Crippen LogP contribution in [0.1, 0.15) is 5.56 Å². The van der Waals surface area contributed by atoms with E-state index in [1.165, 1.54) is 6.07 Å². The van der Waals surface area contributed by atoms with E-state index in [2.05, 4.69) is 4.98 Å². The Labute approximate surface area is 111 Å². The normalized spacial score (nSPS) is 11.9. The number of rotatable bonds is 1. The molecule has 2 N–H and O–H groups in total. The van der Waals surface area contributed by atoms with Crippen LogP contribution in [0.5, 0.6) is 0 Å². The Bertz CT molecular complexity index is 744.